The van der Waals surface area contributed by atoms with Crippen molar-refractivity contribution in [2.24, 2.45) is 0 Å². The molecule has 0 aliphatic heterocycles. The molecule has 0 aliphatic rings. The highest BCUT2D eigenvalue weighted by atomic mass is 35.5. The first-order valence-electron chi connectivity index (χ1n) is 7.54. The molecule has 5 nitrogen and oxygen atoms in total. The van der Waals surface area contributed by atoms with E-state index < -0.39 is 4.92 Å². The van der Waals surface area contributed by atoms with Crippen LogP contribution < -0.4 is 0 Å². The normalized spacial score (nSPS) is 11.2. The van der Waals surface area contributed by atoms with Crippen molar-refractivity contribution in [3.8, 4) is 11.3 Å². The number of H-pyrrole nitrogens is 1. The first kappa shape index (κ1) is 18.5. The summed E-state index contributed by atoms with van der Waals surface area (Å²) >= 11 is 17.9. The van der Waals surface area contributed by atoms with E-state index >= 15 is 0 Å². The van der Waals surface area contributed by atoms with E-state index in [-0.39, 0.29) is 10.7 Å². The molecule has 1 N–H and O–H groups in total. The molecule has 0 aliphatic carbocycles. The third-order valence-corrected chi connectivity index (χ3v) is 4.71. The summed E-state index contributed by atoms with van der Waals surface area (Å²) in [4.78, 5) is 10.3. The van der Waals surface area contributed by atoms with E-state index in [1.807, 2.05) is 24.3 Å². The van der Waals surface area contributed by atoms with Crippen molar-refractivity contribution >= 4 is 46.6 Å². The van der Waals surface area contributed by atoms with E-state index in [1.54, 1.807) is 24.3 Å². The summed E-state index contributed by atoms with van der Waals surface area (Å²) in [6.45, 7) is 0. The van der Waals surface area contributed by atoms with Gasteiger partial charge in [0.15, 0.2) is 0 Å². The van der Waals surface area contributed by atoms with Crippen LogP contribution in [0, 0.1) is 10.1 Å². The van der Waals surface area contributed by atoms with Crippen LogP contribution in [0.1, 0.15) is 11.3 Å². The fraction of sp³-hybridized carbons (Fsp3) is 0.0556. The molecular formula is C18H12Cl3N3O2. The number of aromatic nitrogens is 2. The number of hydrogen-bond acceptors (Lipinski definition) is 3. The van der Waals surface area contributed by atoms with Gasteiger partial charge in [-0.05, 0) is 42.3 Å². The highest BCUT2D eigenvalue weighted by Gasteiger charge is 2.11. The molecule has 0 spiro atoms. The number of hydrogen-bond donors (Lipinski definition) is 1. The number of nitrogens with one attached hydrogen (secondary N) is 1. The Hall–Kier alpha value is -2.34. The van der Waals surface area contributed by atoms with Gasteiger partial charge in [-0.25, -0.2) is 0 Å². The predicted octanol–water partition coefficient (Wildman–Crippen LogP) is 6.20. The Kier molecular flexibility index (Phi) is 5.61. The zero-order valence-corrected chi connectivity index (χ0v) is 15.5. The second-order valence-electron chi connectivity index (χ2n) is 5.49. The van der Waals surface area contributed by atoms with Crippen LogP contribution in [-0.4, -0.2) is 15.1 Å². The van der Waals surface area contributed by atoms with E-state index in [9.17, 15) is 10.1 Å². The van der Waals surface area contributed by atoms with Crippen LogP contribution in [-0.2, 0) is 6.42 Å². The minimum absolute atomic E-state index is 0.0979. The van der Waals surface area contributed by atoms with Gasteiger partial charge in [-0.15, -0.1) is 0 Å². The van der Waals surface area contributed by atoms with Crippen molar-refractivity contribution in [3.63, 3.8) is 0 Å². The minimum atomic E-state index is -0.503. The molecular weight excluding hydrogens is 397 g/mol. The van der Waals surface area contributed by atoms with Crippen molar-refractivity contribution in [1.29, 1.82) is 0 Å². The van der Waals surface area contributed by atoms with Crippen LogP contribution >= 0.6 is 34.8 Å². The van der Waals surface area contributed by atoms with Crippen molar-refractivity contribution in [2.45, 2.75) is 6.42 Å². The first-order chi connectivity index (χ1) is 12.4. The molecule has 0 atom stereocenters. The number of nitrogens with zero attached hydrogens (tertiary/aromatic N) is 2. The maximum atomic E-state index is 10.8. The topological polar surface area (TPSA) is 71.8 Å². The number of aromatic amines is 1. The lowest BCUT2D eigenvalue weighted by Crippen LogP contribution is -1.90. The molecule has 26 heavy (non-hydrogen) atoms. The smallest absolute Gasteiger partial charge is 0.278 e. The molecule has 0 saturated heterocycles. The van der Waals surface area contributed by atoms with Crippen LogP contribution in [0.2, 0.25) is 15.1 Å². The first-order valence-corrected chi connectivity index (χ1v) is 8.67. The van der Waals surface area contributed by atoms with Crippen LogP contribution in [0.4, 0.5) is 5.69 Å². The molecule has 3 aromatic rings. The summed E-state index contributed by atoms with van der Waals surface area (Å²) in [5.74, 6) is 0. The SMILES string of the molecule is O=[N+]([O-])c1ccc(C/C=C/c2cc(-c3ccc(Cl)c(Cl)c3)n[nH]2)cc1Cl. The molecule has 0 bridgehead atoms. The molecule has 8 heteroatoms. The van der Waals surface area contributed by atoms with Gasteiger partial charge in [-0.3, -0.25) is 15.2 Å². The number of nitro groups is 1. The highest BCUT2D eigenvalue weighted by molar-refractivity contribution is 6.42. The van der Waals surface area contributed by atoms with Crippen LogP contribution in [0.15, 0.2) is 48.5 Å². The zero-order valence-electron chi connectivity index (χ0n) is 13.2. The van der Waals surface area contributed by atoms with Crippen LogP contribution in [0.5, 0.6) is 0 Å². The van der Waals surface area contributed by atoms with Gasteiger partial charge in [0, 0.05) is 11.6 Å². The third-order valence-electron chi connectivity index (χ3n) is 3.67. The number of rotatable bonds is 5. The van der Waals surface area contributed by atoms with E-state index in [1.165, 1.54) is 6.07 Å². The Morgan fingerprint density at radius 2 is 1.85 bits per heavy atom. The summed E-state index contributed by atoms with van der Waals surface area (Å²) in [6, 6.07) is 11.9. The van der Waals surface area contributed by atoms with E-state index in [4.69, 9.17) is 34.8 Å². The van der Waals surface area contributed by atoms with Gasteiger partial charge in [0.25, 0.3) is 5.69 Å². The molecule has 0 unspecified atom stereocenters. The van der Waals surface area contributed by atoms with E-state index in [0.717, 1.165) is 22.5 Å². The Morgan fingerprint density at radius 1 is 1.04 bits per heavy atom. The van der Waals surface area contributed by atoms with Gasteiger partial charge in [0.2, 0.25) is 0 Å². The average Bonchev–Trinajstić information content (AvgIpc) is 3.06. The van der Waals surface area contributed by atoms with Crippen molar-refractivity contribution < 1.29 is 4.92 Å². The maximum Gasteiger partial charge on any atom is 0.287 e. The van der Waals surface area contributed by atoms with Crippen molar-refractivity contribution in [1.82, 2.24) is 10.2 Å². The zero-order chi connectivity index (χ0) is 18.7. The van der Waals surface area contributed by atoms with Crippen LogP contribution in [0.25, 0.3) is 17.3 Å². The van der Waals surface area contributed by atoms with Gasteiger partial charge in [-0.2, -0.15) is 5.10 Å². The van der Waals surface area contributed by atoms with Crippen molar-refractivity contribution in [3.05, 3.63) is 85.0 Å². The molecule has 1 heterocycles. The Morgan fingerprint density at radius 3 is 2.54 bits per heavy atom. The van der Waals surface area contributed by atoms with E-state index in [2.05, 4.69) is 10.2 Å². The lowest BCUT2D eigenvalue weighted by atomic mass is 10.1. The number of allylic oxidation sites excluding steroid dienone is 1. The third kappa shape index (κ3) is 4.25. The second kappa shape index (κ2) is 7.91. The molecule has 0 radical (unpaired) electrons. The maximum absolute atomic E-state index is 10.8. The van der Waals surface area contributed by atoms with Gasteiger partial charge in [-0.1, -0.05) is 53.0 Å². The summed E-state index contributed by atoms with van der Waals surface area (Å²) in [5.41, 5.74) is 3.21. The standard InChI is InChI=1S/C18H12Cl3N3O2/c19-14-6-5-12(9-15(14)20)17-10-13(22-23-17)3-1-2-11-4-7-18(24(25)26)16(21)8-11/h1,3-10H,2H2,(H,22,23)/b3-1+. The number of benzene rings is 2. The van der Waals surface area contributed by atoms with Crippen LogP contribution in [0.3, 0.4) is 0 Å². The summed E-state index contributed by atoms with van der Waals surface area (Å²) in [6.07, 6.45) is 4.38. The van der Waals surface area contributed by atoms with Gasteiger partial charge < -0.3 is 0 Å². The van der Waals surface area contributed by atoms with E-state index in [0.29, 0.717) is 16.5 Å². The lowest BCUT2D eigenvalue weighted by Gasteiger charge is -1.99. The monoisotopic (exact) mass is 407 g/mol. The number of nitro benzene ring substituents is 1. The Balaban J connectivity index is 1.70. The molecule has 0 amide bonds. The Labute approximate surface area is 164 Å². The summed E-state index contributed by atoms with van der Waals surface area (Å²) in [7, 11) is 0. The van der Waals surface area contributed by atoms with Gasteiger partial charge >= 0.3 is 0 Å². The average molecular weight is 409 g/mol. The molecule has 2 aromatic carbocycles. The second-order valence-corrected chi connectivity index (χ2v) is 6.71. The van der Waals surface area contributed by atoms with Crippen molar-refractivity contribution in [2.75, 3.05) is 0 Å². The Bertz CT molecular complexity index is 999. The molecule has 3 rings (SSSR count). The molecule has 132 valence electrons. The number of halogens is 3. The lowest BCUT2D eigenvalue weighted by molar-refractivity contribution is -0.384. The molecule has 0 saturated carbocycles. The minimum Gasteiger partial charge on any atom is -0.278 e. The fourth-order valence-electron chi connectivity index (χ4n) is 2.37. The largest absolute Gasteiger partial charge is 0.287 e. The van der Waals surface area contributed by atoms with Gasteiger partial charge in [0.1, 0.15) is 5.02 Å². The summed E-state index contributed by atoms with van der Waals surface area (Å²) < 4.78 is 0. The fourth-order valence-corrected chi connectivity index (χ4v) is 2.94. The molecule has 1 aromatic heterocycles. The predicted molar refractivity (Wildman–Crippen MR) is 105 cm³/mol. The highest BCUT2D eigenvalue weighted by Crippen LogP contribution is 2.28. The quantitative estimate of drug-likeness (QED) is 0.403. The summed E-state index contributed by atoms with van der Waals surface area (Å²) in [5, 5.41) is 19.1. The molecule has 0 fully saturated rings. The van der Waals surface area contributed by atoms with Gasteiger partial charge in [0.05, 0.1) is 26.4 Å².